The zero-order valence-electron chi connectivity index (χ0n) is 9.88. The third-order valence-corrected chi connectivity index (χ3v) is 2.91. The van der Waals surface area contributed by atoms with Crippen LogP contribution in [0.4, 0.5) is 13.2 Å². The van der Waals surface area contributed by atoms with Gasteiger partial charge in [-0.15, -0.1) is 0 Å². The number of amidine groups is 1. The van der Waals surface area contributed by atoms with Gasteiger partial charge in [-0.3, -0.25) is 5.41 Å². The first-order valence-electron chi connectivity index (χ1n) is 5.35. The average Bonchev–Trinajstić information content (AvgIpc) is 2.37. The highest BCUT2D eigenvalue weighted by Gasteiger charge is 2.16. The van der Waals surface area contributed by atoms with Crippen molar-refractivity contribution in [1.29, 1.82) is 5.41 Å². The summed E-state index contributed by atoms with van der Waals surface area (Å²) in [4.78, 5) is 0. The van der Waals surface area contributed by atoms with Crippen LogP contribution in [0.3, 0.4) is 0 Å². The number of hydrogen-bond donors (Lipinski definition) is 2. The maximum Gasteiger partial charge on any atom is 0.198 e. The van der Waals surface area contributed by atoms with Crippen LogP contribution in [0.2, 0.25) is 0 Å². The Balaban J connectivity index is 2.44. The molecule has 0 saturated carbocycles. The van der Waals surface area contributed by atoms with Crippen LogP contribution in [0.15, 0.2) is 34.8 Å². The van der Waals surface area contributed by atoms with E-state index in [1.807, 2.05) is 0 Å². The number of nitrogen functional groups attached to an aromatic ring is 1. The van der Waals surface area contributed by atoms with Crippen LogP contribution in [0.5, 0.6) is 11.5 Å². The first kappa shape index (κ1) is 14.4. The van der Waals surface area contributed by atoms with Crippen molar-refractivity contribution in [3.63, 3.8) is 0 Å². The molecule has 0 radical (unpaired) electrons. The van der Waals surface area contributed by atoms with Gasteiger partial charge < -0.3 is 10.5 Å². The van der Waals surface area contributed by atoms with E-state index in [2.05, 4.69) is 15.9 Å². The predicted octanol–water partition coefficient (Wildman–Crippen LogP) is 3.94. The van der Waals surface area contributed by atoms with Crippen molar-refractivity contribution < 1.29 is 17.9 Å². The summed E-state index contributed by atoms with van der Waals surface area (Å²) in [6, 6.07) is 5.45. The predicted molar refractivity (Wildman–Crippen MR) is 71.5 cm³/mol. The molecule has 2 rings (SSSR count). The molecule has 0 unspecified atom stereocenters. The molecule has 3 N–H and O–H groups in total. The lowest BCUT2D eigenvalue weighted by atomic mass is 10.2. The van der Waals surface area contributed by atoms with Crippen LogP contribution >= 0.6 is 15.9 Å². The van der Waals surface area contributed by atoms with Crippen LogP contribution in [-0.4, -0.2) is 5.84 Å². The monoisotopic (exact) mass is 344 g/mol. The molecule has 20 heavy (non-hydrogen) atoms. The highest BCUT2D eigenvalue weighted by atomic mass is 79.9. The molecule has 0 aliphatic rings. The zero-order chi connectivity index (χ0) is 14.9. The van der Waals surface area contributed by atoms with Crippen molar-refractivity contribution >= 4 is 21.8 Å². The molecule has 0 bridgehead atoms. The summed E-state index contributed by atoms with van der Waals surface area (Å²) < 4.78 is 46.4. The van der Waals surface area contributed by atoms with Crippen LogP contribution in [-0.2, 0) is 0 Å². The second-order valence-electron chi connectivity index (χ2n) is 3.86. The molecule has 0 aliphatic heterocycles. The second-order valence-corrected chi connectivity index (χ2v) is 4.78. The van der Waals surface area contributed by atoms with Crippen molar-refractivity contribution in [3.05, 3.63) is 57.8 Å². The molecule has 2 aromatic rings. The molecular weight excluding hydrogens is 337 g/mol. The summed E-state index contributed by atoms with van der Waals surface area (Å²) in [5, 5.41) is 7.12. The summed E-state index contributed by atoms with van der Waals surface area (Å²) in [6.07, 6.45) is 0. The van der Waals surface area contributed by atoms with Gasteiger partial charge in [0.1, 0.15) is 5.84 Å². The molecule has 0 atom stereocenters. The van der Waals surface area contributed by atoms with Gasteiger partial charge in [0.15, 0.2) is 29.0 Å². The maximum absolute atomic E-state index is 13.7. The minimum absolute atomic E-state index is 0.123. The normalized spacial score (nSPS) is 10.4. The topological polar surface area (TPSA) is 59.1 Å². The van der Waals surface area contributed by atoms with Gasteiger partial charge in [-0.2, -0.15) is 0 Å². The Kier molecular flexibility index (Phi) is 3.99. The van der Waals surface area contributed by atoms with E-state index in [4.69, 9.17) is 15.9 Å². The first-order chi connectivity index (χ1) is 9.38. The van der Waals surface area contributed by atoms with Gasteiger partial charge in [-0.25, -0.2) is 13.2 Å². The van der Waals surface area contributed by atoms with E-state index in [9.17, 15) is 13.2 Å². The highest BCUT2D eigenvalue weighted by Crippen LogP contribution is 2.31. The quantitative estimate of drug-likeness (QED) is 0.654. The van der Waals surface area contributed by atoms with Crippen molar-refractivity contribution in [2.45, 2.75) is 0 Å². The number of ether oxygens (including phenoxy) is 1. The van der Waals surface area contributed by atoms with E-state index in [0.717, 1.165) is 18.2 Å². The van der Waals surface area contributed by atoms with Gasteiger partial charge in [0.2, 0.25) is 0 Å². The fraction of sp³-hybridized carbons (Fsp3) is 0. The molecule has 7 heteroatoms. The molecular formula is C13H8BrF3N2O. The standard InChI is InChI=1S/C13H8BrF3N2O/c14-7-1-2-8(15)11(5-7)20-12-9(16)3-6(13(18)19)4-10(12)17/h1-5H,(H3,18,19). The summed E-state index contributed by atoms with van der Waals surface area (Å²) >= 11 is 3.10. The van der Waals surface area contributed by atoms with E-state index in [1.54, 1.807) is 0 Å². The molecule has 0 fully saturated rings. The minimum Gasteiger partial charge on any atom is -0.448 e. The third-order valence-electron chi connectivity index (χ3n) is 2.41. The third kappa shape index (κ3) is 2.93. The Morgan fingerprint density at radius 1 is 1.05 bits per heavy atom. The van der Waals surface area contributed by atoms with Gasteiger partial charge in [-0.1, -0.05) is 15.9 Å². The largest absolute Gasteiger partial charge is 0.448 e. The lowest BCUT2D eigenvalue weighted by Gasteiger charge is -2.10. The number of hydrogen-bond acceptors (Lipinski definition) is 2. The van der Waals surface area contributed by atoms with Gasteiger partial charge in [0.25, 0.3) is 0 Å². The Labute approximate surface area is 120 Å². The van der Waals surface area contributed by atoms with E-state index >= 15 is 0 Å². The second kappa shape index (κ2) is 5.54. The Hall–Kier alpha value is -2.02. The number of nitrogens with one attached hydrogen (secondary N) is 1. The first-order valence-corrected chi connectivity index (χ1v) is 6.14. The van der Waals surface area contributed by atoms with Gasteiger partial charge >= 0.3 is 0 Å². The number of rotatable bonds is 3. The van der Waals surface area contributed by atoms with E-state index in [0.29, 0.717) is 4.47 Å². The molecule has 3 nitrogen and oxygen atoms in total. The summed E-state index contributed by atoms with van der Waals surface area (Å²) in [7, 11) is 0. The van der Waals surface area contributed by atoms with E-state index < -0.39 is 29.0 Å². The molecule has 2 aromatic carbocycles. The van der Waals surface area contributed by atoms with Crippen LogP contribution in [0, 0.1) is 22.9 Å². The zero-order valence-corrected chi connectivity index (χ0v) is 11.5. The van der Waals surface area contributed by atoms with Crippen LogP contribution < -0.4 is 10.5 Å². The smallest absolute Gasteiger partial charge is 0.198 e. The molecule has 0 amide bonds. The summed E-state index contributed by atoms with van der Waals surface area (Å²) in [5.41, 5.74) is 5.02. The van der Waals surface area contributed by atoms with E-state index in [-0.39, 0.29) is 11.3 Å². The Morgan fingerprint density at radius 3 is 2.20 bits per heavy atom. The highest BCUT2D eigenvalue weighted by molar-refractivity contribution is 9.10. The van der Waals surface area contributed by atoms with Crippen molar-refractivity contribution in [1.82, 2.24) is 0 Å². The number of nitrogens with two attached hydrogens (primary N) is 1. The summed E-state index contributed by atoms with van der Waals surface area (Å²) in [5.74, 6) is -4.48. The molecule has 0 heterocycles. The molecule has 0 aliphatic carbocycles. The lowest BCUT2D eigenvalue weighted by Crippen LogP contribution is -2.12. The van der Waals surface area contributed by atoms with Crippen LogP contribution in [0.1, 0.15) is 5.56 Å². The average molecular weight is 345 g/mol. The van der Waals surface area contributed by atoms with Crippen molar-refractivity contribution in [2.75, 3.05) is 0 Å². The van der Waals surface area contributed by atoms with Crippen molar-refractivity contribution in [3.8, 4) is 11.5 Å². The molecule has 0 aromatic heterocycles. The Morgan fingerprint density at radius 2 is 1.65 bits per heavy atom. The Bertz CT molecular complexity index is 668. The number of halogens is 4. The number of benzene rings is 2. The minimum atomic E-state index is -1.07. The SMILES string of the molecule is N=C(N)c1cc(F)c(Oc2cc(Br)ccc2F)c(F)c1. The fourth-order valence-electron chi connectivity index (χ4n) is 1.48. The molecule has 0 saturated heterocycles. The van der Waals surface area contributed by atoms with Gasteiger partial charge in [-0.05, 0) is 30.3 Å². The van der Waals surface area contributed by atoms with Crippen LogP contribution in [0.25, 0.3) is 0 Å². The van der Waals surface area contributed by atoms with Gasteiger partial charge in [0, 0.05) is 10.0 Å². The lowest BCUT2D eigenvalue weighted by molar-refractivity contribution is 0.387. The van der Waals surface area contributed by atoms with Crippen molar-refractivity contribution in [2.24, 2.45) is 5.73 Å². The van der Waals surface area contributed by atoms with Gasteiger partial charge in [0.05, 0.1) is 0 Å². The summed E-state index contributed by atoms with van der Waals surface area (Å²) in [6.45, 7) is 0. The molecule has 0 spiro atoms. The molecule has 104 valence electrons. The fourth-order valence-corrected chi connectivity index (χ4v) is 1.82. The van der Waals surface area contributed by atoms with E-state index in [1.165, 1.54) is 12.1 Å². The maximum atomic E-state index is 13.7.